The summed E-state index contributed by atoms with van der Waals surface area (Å²) in [6, 6.07) is 9.95. The molecule has 4 heteroatoms. The molecule has 5 atom stereocenters. The van der Waals surface area contributed by atoms with Crippen molar-refractivity contribution in [1.82, 2.24) is 0 Å². The van der Waals surface area contributed by atoms with Crippen LogP contribution in [0.5, 0.6) is 0 Å². The van der Waals surface area contributed by atoms with Gasteiger partial charge in [-0.1, -0.05) is 32.0 Å². The van der Waals surface area contributed by atoms with Crippen LogP contribution in [-0.4, -0.2) is 37.5 Å². The number of benzene rings is 1. The fraction of sp³-hybridized carbons (Fsp3) is 0.632. The van der Waals surface area contributed by atoms with Crippen LogP contribution in [0.25, 0.3) is 0 Å². The molecule has 0 N–H and O–H groups in total. The first-order chi connectivity index (χ1) is 11.1. The molecule has 2 heterocycles. The van der Waals surface area contributed by atoms with Crippen molar-refractivity contribution in [1.29, 1.82) is 0 Å². The lowest BCUT2D eigenvalue weighted by molar-refractivity contribution is -0.103. The van der Waals surface area contributed by atoms with Crippen LogP contribution in [-0.2, 0) is 14.2 Å². The maximum absolute atomic E-state index is 6.26. The second-order valence-corrected chi connectivity index (χ2v) is 7.75. The monoisotopic (exact) mass is 315 g/mol. The largest absolute Gasteiger partial charge is 0.445 e. The molecule has 0 spiro atoms. The van der Waals surface area contributed by atoms with Crippen molar-refractivity contribution in [3.63, 3.8) is 0 Å². The highest BCUT2D eigenvalue weighted by molar-refractivity contribution is 5.95. The fourth-order valence-electron chi connectivity index (χ4n) is 4.32. The molecule has 1 saturated carbocycles. The summed E-state index contributed by atoms with van der Waals surface area (Å²) in [7, 11) is 1.76. The van der Waals surface area contributed by atoms with E-state index in [1.54, 1.807) is 7.11 Å². The van der Waals surface area contributed by atoms with Crippen molar-refractivity contribution in [2.75, 3.05) is 7.11 Å². The first-order valence-corrected chi connectivity index (χ1v) is 8.55. The topological polar surface area (TPSA) is 40.0 Å². The van der Waals surface area contributed by atoms with Crippen molar-refractivity contribution in [2.24, 2.45) is 16.3 Å². The number of hydrogen-bond donors (Lipinski definition) is 0. The van der Waals surface area contributed by atoms with Gasteiger partial charge in [-0.05, 0) is 42.7 Å². The molecule has 0 bridgehead atoms. The van der Waals surface area contributed by atoms with Gasteiger partial charge in [0.2, 0.25) is 12.2 Å². The molecule has 2 aliphatic heterocycles. The Balaban J connectivity index is 1.53. The molecule has 3 aliphatic rings. The predicted molar refractivity (Wildman–Crippen MR) is 88.4 cm³/mol. The Morgan fingerprint density at radius 3 is 2.65 bits per heavy atom. The summed E-state index contributed by atoms with van der Waals surface area (Å²) < 4.78 is 18.0. The van der Waals surface area contributed by atoms with Gasteiger partial charge in [-0.3, -0.25) is 0 Å². The molecule has 0 unspecified atom stereocenters. The highest BCUT2D eigenvalue weighted by atomic mass is 16.7. The van der Waals surface area contributed by atoms with Gasteiger partial charge in [0, 0.05) is 12.7 Å². The van der Waals surface area contributed by atoms with Crippen LogP contribution in [0.3, 0.4) is 0 Å². The number of methoxy groups -OCH3 is 1. The molecular weight excluding hydrogens is 290 g/mol. The maximum Gasteiger partial charge on any atom is 0.227 e. The summed E-state index contributed by atoms with van der Waals surface area (Å²) in [6.45, 7) is 4.68. The predicted octanol–water partition coefficient (Wildman–Crippen LogP) is 3.40. The molecule has 124 valence electrons. The number of ether oxygens (including phenoxy) is 3. The summed E-state index contributed by atoms with van der Waals surface area (Å²) in [5.74, 6) is 1.22. The highest BCUT2D eigenvalue weighted by Gasteiger charge is 2.54. The van der Waals surface area contributed by atoms with Gasteiger partial charge in [0.05, 0.1) is 6.10 Å². The molecule has 23 heavy (non-hydrogen) atoms. The third kappa shape index (κ3) is 2.68. The van der Waals surface area contributed by atoms with E-state index < -0.39 is 0 Å². The van der Waals surface area contributed by atoms with Gasteiger partial charge in [-0.15, -0.1) is 0 Å². The summed E-state index contributed by atoms with van der Waals surface area (Å²) >= 11 is 0. The Morgan fingerprint density at radius 1 is 1.22 bits per heavy atom. The SMILES string of the molecule is CO[C@@H]1[C@@H]2N=C(c3ccccc3)O[C@@H]2O[C@@H]1[C@H]1CCC(C)(C)C1. The smallest absolute Gasteiger partial charge is 0.227 e. The van der Waals surface area contributed by atoms with E-state index >= 15 is 0 Å². The molecule has 0 radical (unpaired) electrons. The molecule has 4 nitrogen and oxygen atoms in total. The van der Waals surface area contributed by atoms with E-state index in [2.05, 4.69) is 13.8 Å². The van der Waals surface area contributed by atoms with Crippen LogP contribution in [0, 0.1) is 11.3 Å². The Kier molecular flexibility index (Phi) is 3.69. The molecular formula is C19H25NO3. The van der Waals surface area contributed by atoms with Crippen molar-refractivity contribution >= 4 is 5.90 Å². The molecule has 1 saturated heterocycles. The summed E-state index contributed by atoms with van der Waals surface area (Å²) in [5, 5.41) is 0. The van der Waals surface area contributed by atoms with E-state index in [1.165, 1.54) is 19.3 Å². The van der Waals surface area contributed by atoms with Crippen molar-refractivity contribution in [2.45, 2.75) is 57.6 Å². The average molecular weight is 315 g/mol. The molecule has 1 aromatic carbocycles. The van der Waals surface area contributed by atoms with Gasteiger partial charge in [0.1, 0.15) is 12.1 Å². The van der Waals surface area contributed by atoms with E-state index in [0.29, 0.717) is 17.2 Å². The lowest BCUT2D eigenvalue weighted by atomic mass is 9.87. The molecule has 0 amide bonds. The van der Waals surface area contributed by atoms with Crippen molar-refractivity contribution in [3.8, 4) is 0 Å². The van der Waals surface area contributed by atoms with Crippen LogP contribution >= 0.6 is 0 Å². The van der Waals surface area contributed by atoms with Crippen LogP contribution in [0.1, 0.15) is 38.7 Å². The Morgan fingerprint density at radius 2 is 2.00 bits per heavy atom. The second kappa shape index (κ2) is 5.60. The number of hydrogen-bond acceptors (Lipinski definition) is 4. The van der Waals surface area contributed by atoms with E-state index in [0.717, 1.165) is 5.56 Å². The third-order valence-corrected chi connectivity index (χ3v) is 5.49. The van der Waals surface area contributed by atoms with Gasteiger partial charge >= 0.3 is 0 Å². The first-order valence-electron chi connectivity index (χ1n) is 8.55. The number of fused-ring (bicyclic) bond motifs is 1. The van der Waals surface area contributed by atoms with Crippen LogP contribution < -0.4 is 0 Å². The number of rotatable bonds is 3. The zero-order chi connectivity index (χ0) is 16.0. The minimum atomic E-state index is -0.302. The van der Waals surface area contributed by atoms with Crippen molar-refractivity contribution in [3.05, 3.63) is 35.9 Å². The lowest BCUT2D eigenvalue weighted by Crippen LogP contribution is -2.36. The number of aliphatic imine (C=N–C) groups is 1. The van der Waals surface area contributed by atoms with E-state index in [4.69, 9.17) is 19.2 Å². The zero-order valence-electron chi connectivity index (χ0n) is 14.1. The molecule has 1 aliphatic carbocycles. The number of nitrogens with zero attached hydrogens (tertiary/aromatic N) is 1. The van der Waals surface area contributed by atoms with Gasteiger partial charge in [-0.25, -0.2) is 4.99 Å². The standard InChI is InChI=1S/C19H25NO3/c1-19(2)10-9-13(11-19)15-16(21-3)14-18(22-15)23-17(20-14)12-7-5-4-6-8-12/h4-8,13-16,18H,9-11H2,1-3H3/t13-,14-,15+,16+,18-/m0/s1. The fourth-order valence-corrected chi connectivity index (χ4v) is 4.32. The van der Waals surface area contributed by atoms with Crippen LogP contribution in [0.4, 0.5) is 0 Å². The molecule has 0 aromatic heterocycles. The average Bonchev–Trinajstić information content (AvgIpc) is 3.19. The summed E-state index contributed by atoms with van der Waals surface area (Å²) in [6.07, 6.45) is 3.42. The Bertz CT molecular complexity index is 598. The maximum atomic E-state index is 6.26. The van der Waals surface area contributed by atoms with Gasteiger partial charge in [0.25, 0.3) is 0 Å². The molecule has 2 fully saturated rings. The van der Waals surface area contributed by atoms with Gasteiger partial charge < -0.3 is 14.2 Å². The van der Waals surface area contributed by atoms with E-state index in [-0.39, 0.29) is 24.5 Å². The quantitative estimate of drug-likeness (QED) is 0.858. The van der Waals surface area contributed by atoms with Crippen LogP contribution in [0.2, 0.25) is 0 Å². The highest BCUT2D eigenvalue weighted by Crippen LogP contribution is 2.47. The van der Waals surface area contributed by atoms with E-state index in [9.17, 15) is 0 Å². The van der Waals surface area contributed by atoms with E-state index in [1.807, 2.05) is 30.3 Å². The van der Waals surface area contributed by atoms with Gasteiger partial charge in [-0.2, -0.15) is 0 Å². The lowest BCUT2D eigenvalue weighted by Gasteiger charge is -2.26. The zero-order valence-corrected chi connectivity index (χ0v) is 14.1. The van der Waals surface area contributed by atoms with Crippen molar-refractivity contribution < 1.29 is 14.2 Å². The first kappa shape index (κ1) is 15.2. The van der Waals surface area contributed by atoms with Gasteiger partial charge in [0.15, 0.2) is 0 Å². The minimum Gasteiger partial charge on any atom is -0.445 e. The minimum absolute atomic E-state index is 0.0138. The molecule has 1 aromatic rings. The Hall–Kier alpha value is -1.39. The molecule has 4 rings (SSSR count). The Labute approximate surface area is 137 Å². The summed E-state index contributed by atoms with van der Waals surface area (Å²) in [4.78, 5) is 4.77. The van der Waals surface area contributed by atoms with Crippen LogP contribution in [0.15, 0.2) is 35.3 Å². The second-order valence-electron chi connectivity index (χ2n) is 7.75. The normalized spacial score (nSPS) is 38.2. The third-order valence-electron chi connectivity index (χ3n) is 5.49. The summed E-state index contributed by atoms with van der Waals surface area (Å²) in [5.41, 5.74) is 1.41.